The van der Waals surface area contributed by atoms with Gasteiger partial charge in [0.1, 0.15) is 5.17 Å². The minimum atomic E-state index is -4.33. The SMILES string of the molecule is CCC/C=C(/C=C\N=C(C)Cl)C(F)(F)F. The number of halogens is 4. The van der Waals surface area contributed by atoms with Gasteiger partial charge in [0.2, 0.25) is 0 Å². The quantitative estimate of drug-likeness (QED) is 0.508. The zero-order valence-corrected chi connectivity index (χ0v) is 9.36. The zero-order chi connectivity index (χ0) is 11.9. The van der Waals surface area contributed by atoms with Crippen molar-refractivity contribution in [3.8, 4) is 0 Å². The van der Waals surface area contributed by atoms with Crippen molar-refractivity contribution in [2.45, 2.75) is 32.9 Å². The fourth-order valence-electron chi connectivity index (χ4n) is 0.798. The highest BCUT2D eigenvalue weighted by Crippen LogP contribution is 2.27. The second-order valence-electron chi connectivity index (χ2n) is 2.89. The maximum absolute atomic E-state index is 12.4. The van der Waals surface area contributed by atoms with Crippen LogP contribution in [-0.2, 0) is 0 Å². The van der Waals surface area contributed by atoms with Crippen molar-refractivity contribution < 1.29 is 13.2 Å². The number of hydrogen-bond acceptors (Lipinski definition) is 1. The molecule has 0 saturated heterocycles. The van der Waals surface area contributed by atoms with Crippen molar-refractivity contribution in [3.05, 3.63) is 23.9 Å². The molecule has 15 heavy (non-hydrogen) atoms. The van der Waals surface area contributed by atoms with E-state index in [0.717, 1.165) is 18.4 Å². The first-order valence-electron chi connectivity index (χ1n) is 4.51. The van der Waals surface area contributed by atoms with Gasteiger partial charge in [0.25, 0.3) is 0 Å². The van der Waals surface area contributed by atoms with E-state index in [2.05, 4.69) is 4.99 Å². The van der Waals surface area contributed by atoms with E-state index in [0.29, 0.717) is 12.8 Å². The first-order valence-corrected chi connectivity index (χ1v) is 4.89. The molecule has 0 saturated carbocycles. The Morgan fingerprint density at radius 1 is 1.40 bits per heavy atom. The van der Waals surface area contributed by atoms with Gasteiger partial charge in [0, 0.05) is 6.20 Å². The van der Waals surface area contributed by atoms with Crippen molar-refractivity contribution in [2.24, 2.45) is 4.99 Å². The Morgan fingerprint density at radius 2 is 2.00 bits per heavy atom. The van der Waals surface area contributed by atoms with Crippen LogP contribution < -0.4 is 0 Å². The maximum Gasteiger partial charge on any atom is 0.416 e. The third-order valence-corrected chi connectivity index (χ3v) is 1.58. The van der Waals surface area contributed by atoms with E-state index >= 15 is 0 Å². The Balaban J connectivity index is 4.67. The Morgan fingerprint density at radius 3 is 2.40 bits per heavy atom. The molecule has 0 heterocycles. The molecule has 0 rings (SSSR count). The van der Waals surface area contributed by atoms with E-state index in [-0.39, 0.29) is 5.17 Å². The van der Waals surface area contributed by atoms with Crippen molar-refractivity contribution >= 4 is 16.8 Å². The highest BCUT2D eigenvalue weighted by atomic mass is 35.5. The number of allylic oxidation sites excluding steroid dienone is 3. The number of hydrogen-bond donors (Lipinski definition) is 0. The largest absolute Gasteiger partial charge is 0.416 e. The van der Waals surface area contributed by atoms with Gasteiger partial charge in [-0.25, -0.2) is 4.99 Å². The smallest absolute Gasteiger partial charge is 0.249 e. The van der Waals surface area contributed by atoms with Crippen LogP contribution in [0.1, 0.15) is 26.7 Å². The van der Waals surface area contributed by atoms with Gasteiger partial charge >= 0.3 is 6.18 Å². The Labute approximate surface area is 92.3 Å². The molecule has 0 amide bonds. The number of rotatable bonds is 4. The lowest BCUT2D eigenvalue weighted by molar-refractivity contribution is -0.0884. The van der Waals surface area contributed by atoms with Crippen LogP contribution in [0.3, 0.4) is 0 Å². The zero-order valence-electron chi connectivity index (χ0n) is 8.61. The van der Waals surface area contributed by atoms with E-state index in [1.165, 1.54) is 6.92 Å². The van der Waals surface area contributed by atoms with Gasteiger partial charge in [-0.1, -0.05) is 31.0 Å². The number of nitrogens with zero attached hydrogens (tertiary/aromatic N) is 1. The first kappa shape index (κ1) is 14.2. The predicted octanol–water partition coefficient (Wildman–Crippen LogP) is 4.45. The summed E-state index contributed by atoms with van der Waals surface area (Å²) in [5.74, 6) is 0. The molecule has 1 nitrogen and oxygen atoms in total. The predicted molar refractivity (Wildman–Crippen MR) is 57.1 cm³/mol. The molecule has 0 radical (unpaired) electrons. The van der Waals surface area contributed by atoms with E-state index < -0.39 is 11.7 Å². The van der Waals surface area contributed by atoms with Crippen molar-refractivity contribution in [1.29, 1.82) is 0 Å². The second-order valence-corrected chi connectivity index (χ2v) is 3.43. The molecule has 5 heteroatoms. The van der Waals surface area contributed by atoms with Crippen LogP contribution in [0, 0.1) is 0 Å². The van der Waals surface area contributed by atoms with Gasteiger partial charge in [-0.3, -0.25) is 0 Å². The molecule has 0 aliphatic carbocycles. The van der Waals surface area contributed by atoms with Crippen LogP contribution in [0.5, 0.6) is 0 Å². The van der Waals surface area contributed by atoms with E-state index in [1.807, 2.05) is 6.92 Å². The van der Waals surface area contributed by atoms with Gasteiger partial charge in [-0.2, -0.15) is 13.2 Å². The summed E-state index contributed by atoms with van der Waals surface area (Å²) < 4.78 is 37.1. The summed E-state index contributed by atoms with van der Waals surface area (Å²) in [5, 5.41) is 0.197. The lowest BCUT2D eigenvalue weighted by atomic mass is 10.2. The normalized spacial score (nSPS) is 15.1. The van der Waals surface area contributed by atoms with Crippen LogP contribution in [-0.4, -0.2) is 11.3 Å². The van der Waals surface area contributed by atoms with Gasteiger partial charge in [0.05, 0.1) is 5.57 Å². The number of aliphatic imine (C=N–C) groups is 1. The molecule has 0 fully saturated rings. The average molecular weight is 240 g/mol. The monoisotopic (exact) mass is 239 g/mol. The van der Waals surface area contributed by atoms with Crippen LogP contribution in [0.25, 0.3) is 0 Å². The third-order valence-electron chi connectivity index (χ3n) is 1.49. The summed E-state index contributed by atoms with van der Waals surface area (Å²) in [6.07, 6.45) is -0.149. The molecule has 0 bridgehead atoms. The first-order chi connectivity index (χ1) is 6.88. The van der Waals surface area contributed by atoms with Crippen molar-refractivity contribution in [1.82, 2.24) is 0 Å². The van der Waals surface area contributed by atoms with Gasteiger partial charge < -0.3 is 0 Å². The summed E-state index contributed by atoms with van der Waals surface area (Å²) >= 11 is 5.38. The molecular weight excluding hydrogens is 227 g/mol. The molecule has 0 aliphatic heterocycles. The standard InChI is InChI=1S/C10H13ClF3N/c1-3-4-5-9(10(12,13)14)6-7-15-8(2)11/h5-7H,3-4H2,1-2H3/b7-6-,9-5-,15-8?. The van der Waals surface area contributed by atoms with E-state index in [4.69, 9.17) is 11.6 Å². The Kier molecular flexibility index (Phi) is 6.32. The maximum atomic E-state index is 12.4. The van der Waals surface area contributed by atoms with Gasteiger partial charge in [-0.15, -0.1) is 0 Å². The highest BCUT2D eigenvalue weighted by molar-refractivity contribution is 6.64. The van der Waals surface area contributed by atoms with Crippen molar-refractivity contribution in [2.75, 3.05) is 0 Å². The van der Waals surface area contributed by atoms with Gasteiger partial charge in [0.15, 0.2) is 0 Å². The van der Waals surface area contributed by atoms with Crippen LogP contribution in [0.15, 0.2) is 28.9 Å². The second kappa shape index (κ2) is 6.67. The molecule has 0 N–H and O–H groups in total. The molecule has 0 aromatic rings. The lowest BCUT2D eigenvalue weighted by Crippen LogP contribution is -2.09. The molecule has 0 unspecified atom stereocenters. The average Bonchev–Trinajstić information content (AvgIpc) is 2.08. The molecule has 0 aromatic heterocycles. The van der Waals surface area contributed by atoms with Crippen LogP contribution in [0.2, 0.25) is 0 Å². The minimum absolute atomic E-state index is 0.197. The summed E-state index contributed by atoms with van der Waals surface area (Å²) in [6, 6.07) is 0. The van der Waals surface area contributed by atoms with E-state index in [1.54, 1.807) is 0 Å². The van der Waals surface area contributed by atoms with Crippen molar-refractivity contribution in [3.63, 3.8) is 0 Å². The minimum Gasteiger partial charge on any atom is -0.249 e. The van der Waals surface area contributed by atoms with Gasteiger partial charge in [-0.05, 0) is 19.4 Å². The molecular formula is C10H13ClF3N. The molecule has 0 aliphatic rings. The summed E-state index contributed by atoms with van der Waals surface area (Å²) in [5.41, 5.74) is -0.689. The Hall–Kier alpha value is -0.770. The van der Waals surface area contributed by atoms with Crippen LogP contribution in [0.4, 0.5) is 13.2 Å². The highest BCUT2D eigenvalue weighted by Gasteiger charge is 2.31. The molecule has 86 valence electrons. The molecule has 0 spiro atoms. The van der Waals surface area contributed by atoms with E-state index in [9.17, 15) is 13.2 Å². The summed E-state index contributed by atoms with van der Waals surface area (Å²) in [6.45, 7) is 3.31. The number of alkyl halides is 3. The van der Waals surface area contributed by atoms with Crippen LogP contribution >= 0.6 is 11.6 Å². The topological polar surface area (TPSA) is 12.4 Å². The lowest BCUT2D eigenvalue weighted by Gasteiger charge is -2.06. The Bertz CT molecular complexity index is 273. The summed E-state index contributed by atoms with van der Waals surface area (Å²) in [7, 11) is 0. The number of unbranched alkanes of at least 4 members (excludes halogenated alkanes) is 1. The third kappa shape index (κ3) is 7.19. The molecule has 0 atom stereocenters. The fourth-order valence-corrected chi connectivity index (χ4v) is 0.855. The fraction of sp³-hybridized carbons (Fsp3) is 0.500. The summed E-state index contributed by atoms with van der Waals surface area (Å²) in [4.78, 5) is 3.55. The molecule has 0 aromatic carbocycles.